The Morgan fingerprint density at radius 1 is 1.09 bits per heavy atom. The van der Waals surface area contributed by atoms with Crippen molar-refractivity contribution >= 4 is 17.4 Å². The lowest BCUT2D eigenvalue weighted by Gasteiger charge is -2.21. The maximum Gasteiger partial charge on any atom is 0.319 e. The molecule has 2 amide bonds. The topological polar surface area (TPSA) is 122 Å². The molecule has 0 spiro atoms. The number of anilines is 2. The first-order valence-electron chi connectivity index (χ1n) is 9.47. The van der Waals surface area contributed by atoms with Gasteiger partial charge in [0.1, 0.15) is 17.4 Å². The average molecular weight is 455 g/mol. The minimum absolute atomic E-state index is 0.110. The Labute approximate surface area is 185 Å². The summed E-state index contributed by atoms with van der Waals surface area (Å²) in [7, 11) is 2.32. The number of hydrogen-bond acceptors (Lipinski definition) is 6. The van der Waals surface area contributed by atoms with Gasteiger partial charge in [-0.25, -0.2) is 18.0 Å². The predicted octanol–water partition coefficient (Wildman–Crippen LogP) is 3.94. The van der Waals surface area contributed by atoms with Gasteiger partial charge >= 0.3 is 6.03 Å². The summed E-state index contributed by atoms with van der Waals surface area (Å²) in [4.78, 5) is 15.9. The zero-order chi connectivity index (χ0) is 23.9. The lowest BCUT2D eigenvalue weighted by atomic mass is 9.94. The first-order valence-corrected chi connectivity index (χ1v) is 9.47. The smallest absolute Gasteiger partial charge is 0.319 e. The molecule has 1 aliphatic heterocycles. The second kappa shape index (κ2) is 8.23. The van der Waals surface area contributed by atoms with Gasteiger partial charge in [-0.3, -0.25) is 4.98 Å². The van der Waals surface area contributed by atoms with Crippen LogP contribution in [-0.4, -0.2) is 25.2 Å². The van der Waals surface area contributed by atoms with Crippen molar-refractivity contribution in [3.05, 3.63) is 53.0 Å². The van der Waals surface area contributed by atoms with Gasteiger partial charge in [-0.15, -0.1) is 0 Å². The maximum atomic E-state index is 15.8. The van der Waals surface area contributed by atoms with Crippen LogP contribution in [0.5, 0.6) is 11.5 Å². The fourth-order valence-corrected chi connectivity index (χ4v) is 3.61. The van der Waals surface area contributed by atoms with Crippen molar-refractivity contribution < 1.29 is 27.4 Å². The van der Waals surface area contributed by atoms with Gasteiger partial charge in [0.2, 0.25) is 0 Å². The third-order valence-electron chi connectivity index (χ3n) is 5.20. The number of benzene rings is 2. The molecule has 0 bridgehead atoms. The standard InChI is InChI=1S/C22H16F3N5O3/c1-32-13-5-14(33-2)19(25)16(18(13)24)15-12(27)4-3-10(17(15)23)21-11(6-26)20-9(7-28-21)8-29-22(31)30-20/h3-5,7H,8,27H2,1-2H3,(H2,29,30,31). The maximum absolute atomic E-state index is 15.8. The van der Waals surface area contributed by atoms with Crippen LogP contribution in [0.4, 0.5) is 29.3 Å². The van der Waals surface area contributed by atoms with Crippen molar-refractivity contribution in [2.75, 3.05) is 25.3 Å². The van der Waals surface area contributed by atoms with E-state index in [1.54, 1.807) is 0 Å². The average Bonchev–Trinajstić information content (AvgIpc) is 2.80. The van der Waals surface area contributed by atoms with Crippen LogP contribution in [0, 0.1) is 28.8 Å². The van der Waals surface area contributed by atoms with Gasteiger partial charge in [-0.05, 0) is 12.1 Å². The molecule has 8 nitrogen and oxygen atoms in total. The van der Waals surface area contributed by atoms with Gasteiger partial charge in [0.25, 0.3) is 0 Å². The number of nitrogen functional groups attached to an aromatic ring is 1. The number of aromatic nitrogens is 1. The van der Waals surface area contributed by atoms with Crippen LogP contribution in [0.2, 0.25) is 0 Å². The Hall–Kier alpha value is -4.46. The SMILES string of the molecule is COc1cc(OC)c(F)c(-c2c(N)ccc(-c3ncc4c(c3C#N)NC(=O)NC4)c2F)c1F. The molecule has 2 heterocycles. The molecule has 1 aliphatic rings. The minimum atomic E-state index is -1.18. The highest BCUT2D eigenvalue weighted by Crippen LogP contribution is 2.43. The Balaban J connectivity index is 2.01. The summed E-state index contributed by atoms with van der Waals surface area (Å²) in [6, 6.07) is 4.83. The third kappa shape index (κ3) is 3.41. The van der Waals surface area contributed by atoms with Gasteiger partial charge in [0.15, 0.2) is 23.1 Å². The van der Waals surface area contributed by atoms with E-state index in [4.69, 9.17) is 15.2 Å². The van der Waals surface area contributed by atoms with Crippen molar-refractivity contribution in [1.29, 1.82) is 5.26 Å². The second-order valence-corrected chi connectivity index (χ2v) is 6.98. The summed E-state index contributed by atoms with van der Waals surface area (Å²) in [6.07, 6.45) is 1.36. The molecular formula is C22H16F3N5O3. The van der Waals surface area contributed by atoms with Crippen LogP contribution in [0.15, 0.2) is 24.4 Å². The lowest BCUT2D eigenvalue weighted by molar-refractivity contribution is 0.251. The van der Waals surface area contributed by atoms with Crippen molar-refractivity contribution in [2.24, 2.45) is 0 Å². The van der Waals surface area contributed by atoms with E-state index in [-0.39, 0.29) is 46.2 Å². The number of rotatable bonds is 4. The molecule has 0 unspecified atom stereocenters. The fraction of sp³-hybridized carbons (Fsp3) is 0.136. The first-order chi connectivity index (χ1) is 15.8. The molecule has 1 aromatic heterocycles. The second-order valence-electron chi connectivity index (χ2n) is 6.98. The molecule has 3 aromatic rings. The lowest BCUT2D eigenvalue weighted by Crippen LogP contribution is -2.34. The van der Waals surface area contributed by atoms with E-state index in [2.05, 4.69) is 15.6 Å². The molecule has 0 aliphatic carbocycles. The Morgan fingerprint density at radius 3 is 2.36 bits per heavy atom. The molecule has 0 fully saturated rings. The van der Waals surface area contributed by atoms with E-state index < -0.39 is 34.6 Å². The van der Waals surface area contributed by atoms with Crippen molar-refractivity contribution in [3.63, 3.8) is 0 Å². The summed E-state index contributed by atoms with van der Waals surface area (Å²) in [5.74, 6) is -4.25. The van der Waals surface area contributed by atoms with Crippen LogP contribution in [0.1, 0.15) is 11.1 Å². The zero-order valence-corrected chi connectivity index (χ0v) is 17.3. The monoisotopic (exact) mass is 455 g/mol. The predicted molar refractivity (Wildman–Crippen MR) is 113 cm³/mol. The number of urea groups is 1. The highest BCUT2D eigenvalue weighted by atomic mass is 19.1. The molecule has 33 heavy (non-hydrogen) atoms. The molecule has 11 heteroatoms. The fourth-order valence-electron chi connectivity index (χ4n) is 3.61. The molecule has 0 saturated heterocycles. The Morgan fingerprint density at radius 2 is 1.76 bits per heavy atom. The number of hydrogen-bond donors (Lipinski definition) is 3. The van der Waals surface area contributed by atoms with Gasteiger partial charge in [0, 0.05) is 41.2 Å². The van der Waals surface area contributed by atoms with Crippen molar-refractivity contribution in [3.8, 4) is 40.0 Å². The van der Waals surface area contributed by atoms with Crippen LogP contribution in [0.25, 0.3) is 22.4 Å². The number of nitrogens with two attached hydrogens (primary N) is 1. The summed E-state index contributed by atoms with van der Waals surface area (Å²) in [6.45, 7) is 0.124. The number of nitrogens with one attached hydrogen (secondary N) is 2. The molecule has 168 valence electrons. The van der Waals surface area contributed by atoms with Gasteiger partial charge in [-0.2, -0.15) is 5.26 Å². The Kier molecular flexibility index (Phi) is 5.43. The number of ether oxygens (including phenoxy) is 2. The highest BCUT2D eigenvalue weighted by Gasteiger charge is 2.29. The largest absolute Gasteiger partial charge is 0.494 e. The number of nitrogens with zero attached hydrogens (tertiary/aromatic N) is 2. The van der Waals surface area contributed by atoms with Crippen LogP contribution in [0.3, 0.4) is 0 Å². The number of fused-ring (bicyclic) bond motifs is 1. The number of methoxy groups -OCH3 is 2. The molecule has 0 atom stereocenters. The number of amides is 2. The normalized spacial score (nSPS) is 12.3. The van der Waals surface area contributed by atoms with Crippen LogP contribution in [-0.2, 0) is 6.54 Å². The summed E-state index contributed by atoms with van der Waals surface area (Å²) < 4.78 is 55.8. The van der Waals surface area contributed by atoms with E-state index in [1.165, 1.54) is 18.3 Å². The van der Waals surface area contributed by atoms with Gasteiger partial charge in [-0.1, -0.05) is 0 Å². The zero-order valence-electron chi connectivity index (χ0n) is 17.3. The van der Waals surface area contributed by atoms with E-state index in [0.717, 1.165) is 20.3 Å². The number of carbonyl (C=O) groups is 1. The van der Waals surface area contributed by atoms with Crippen molar-refractivity contribution in [1.82, 2.24) is 10.3 Å². The number of carbonyl (C=O) groups excluding carboxylic acids is 1. The highest BCUT2D eigenvalue weighted by molar-refractivity contribution is 5.96. The Bertz CT molecular complexity index is 1330. The number of halogens is 3. The minimum Gasteiger partial charge on any atom is -0.494 e. The third-order valence-corrected chi connectivity index (χ3v) is 5.20. The molecule has 4 N–H and O–H groups in total. The molecule has 2 aromatic carbocycles. The first kappa shape index (κ1) is 21.8. The summed E-state index contributed by atoms with van der Waals surface area (Å²) >= 11 is 0. The summed E-state index contributed by atoms with van der Waals surface area (Å²) in [5.41, 5.74) is 4.47. The van der Waals surface area contributed by atoms with Crippen molar-refractivity contribution in [2.45, 2.75) is 6.54 Å². The summed E-state index contributed by atoms with van der Waals surface area (Å²) in [5, 5.41) is 14.8. The van der Waals surface area contributed by atoms with Gasteiger partial charge in [0.05, 0.1) is 31.2 Å². The van der Waals surface area contributed by atoms with E-state index in [9.17, 15) is 10.1 Å². The number of pyridine rings is 1. The molecular weight excluding hydrogens is 439 g/mol. The van der Waals surface area contributed by atoms with E-state index in [0.29, 0.717) is 5.56 Å². The van der Waals surface area contributed by atoms with E-state index in [1.807, 2.05) is 6.07 Å². The van der Waals surface area contributed by atoms with E-state index >= 15 is 13.2 Å². The van der Waals surface area contributed by atoms with Crippen LogP contribution < -0.4 is 25.8 Å². The molecule has 4 rings (SSSR count). The number of nitriles is 1. The molecule has 0 radical (unpaired) electrons. The van der Waals surface area contributed by atoms with Gasteiger partial charge < -0.3 is 25.8 Å². The quantitative estimate of drug-likeness (QED) is 0.513. The van der Waals surface area contributed by atoms with Crippen LogP contribution >= 0.6 is 0 Å². The molecule has 0 saturated carbocycles.